The van der Waals surface area contributed by atoms with E-state index in [1.807, 2.05) is 30.3 Å². The number of nitrogens with one attached hydrogen (secondary N) is 1. The quantitative estimate of drug-likeness (QED) is 0.640. The number of amides is 1. The van der Waals surface area contributed by atoms with Crippen molar-refractivity contribution in [3.63, 3.8) is 0 Å². The van der Waals surface area contributed by atoms with Gasteiger partial charge in [-0.1, -0.05) is 23.9 Å². The zero-order valence-corrected chi connectivity index (χ0v) is 16.1. The van der Waals surface area contributed by atoms with E-state index >= 15 is 0 Å². The van der Waals surface area contributed by atoms with Crippen LogP contribution in [0.4, 0.5) is 0 Å². The summed E-state index contributed by atoms with van der Waals surface area (Å²) in [4.78, 5) is 21.1. The first-order chi connectivity index (χ1) is 13.8. The molecule has 8 nitrogen and oxygen atoms in total. The van der Waals surface area contributed by atoms with Gasteiger partial charge in [0.2, 0.25) is 0 Å². The van der Waals surface area contributed by atoms with E-state index in [1.165, 1.54) is 0 Å². The van der Waals surface area contributed by atoms with Crippen LogP contribution in [0.1, 0.15) is 41.6 Å². The zero-order chi connectivity index (χ0) is 19.2. The number of tetrazole rings is 1. The monoisotopic (exact) mass is 395 g/mol. The highest BCUT2D eigenvalue weighted by molar-refractivity contribution is 7.99. The van der Waals surface area contributed by atoms with E-state index in [1.54, 1.807) is 35.2 Å². The highest BCUT2D eigenvalue weighted by Gasteiger charge is 2.24. The van der Waals surface area contributed by atoms with E-state index in [4.69, 9.17) is 0 Å². The van der Waals surface area contributed by atoms with Gasteiger partial charge in [-0.05, 0) is 59.9 Å². The van der Waals surface area contributed by atoms with E-state index in [0.29, 0.717) is 17.4 Å². The third kappa shape index (κ3) is 4.92. The van der Waals surface area contributed by atoms with Crippen molar-refractivity contribution in [2.24, 2.45) is 0 Å². The third-order valence-electron chi connectivity index (χ3n) is 4.78. The molecule has 0 atom stereocenters. The summed E-state index contributed by atoms with van der Waals surface area (Å²) < 4.78 is 1.64. The topological polar surface area (TPSA) is 98.5 Å². The van der Waals surface area contributed by atoms with Gasteiger partial charge in [0.25, 0.3) is 5.91 Å². The number of carbonyl (C=O) groups excluding carboxylic acids is 1. The van der Waals surface area contributed by atoms with Crippen LogP contribution >= 0.6 is 11.8 Å². The largest absolute Gasteiger partial charge is 0.349 e. The number of thioether (sulfide) groups is 1. The first kappa shape index (κ1) is 18.5. The van der Waals surface area contributed by atoms with Crippen molar-refractivity contribution in [1.82, 2.24) is 35.5 Å². The summed E-state index contributed by atoms with van der Waals surface area (Å²) in [5, 5.41) is 15.6. The number of aromatic nitrogens is 6. The Kier molecular flexibility index (Phi) is 5.91. The Labute approximate surface area is 167 Å². The lowest BCUT2D eigenvalue weighted by Crippen LogP contribution is -2.38. The van der Waals surface area contributed by atoms with Crippen molar-refractivity contribution >= 4 is 17.7 Å². The molecule has 0 saturated heterocycles. The minimum Gasteiger partial charge on any atom is -0.349 e. The molecule has 2 aromatic heterocycles. The molecule has 0 aliphatic heterocycles. The van der Waals surface area contributed by atoms with Crippen molar-refractivity contribution < 1.29 is 4.79 Å². The van der Waals surface area contributed by atoms with Crippen molar-refractivity contribution in [1.29, 1.82) is 0 Å². The molecule has 0 spiro atoms. The van der Waals surface area contributed by atoms with Gasteiger partial charge in [0.1, 0.15) is 6.33 Å². The maximum atomic E-state index is 12.5. The molecule has 0 bridgehead atoms. The molecule has 1 saturated carbocycles. The van der Waals surface area contributed by atoms with Gasteiger partial charge in [0.05, 0.1) is 6.54 Å². The van der Waals surface area contributed by atoms with Gasteiger partial charge in [0, 0.05) is 29.2 Å². The van der Waals surface area contributed by atoms with Gasteiger partial charge >= 0.3 is 0 Å². The van der Waals surface area contributed by atoms with Crippen LogP contribution in [0.2, 0.25) is 0 Å². The molecule has 144 valence electrons. The number of hydrogen-bond donors (Lipinski definition) is 1. The van der Waals surface area contributed by atoms with Crippen molar-refractivity contribution in [2.75, 3.05) is 0 Å². The van der Waals surface area contributed by atoms with Crippen molar-refractivity contribution in [2.45, 2.75) is 48.7 Å². The molecule has 1 aliphatic carbocycles. The van der Waals surface area contributed by atoms with E-state index in [2.05, 4.69) is 30.8 Å². The second kappa shape index (κ2) is 8.92. The van der Waals surface area contributed by atoms with Crippen LogP contribution < -0.4 is 5.32 Å². The molecule has 2 heterocycles. The molecular formula is C19H21N7OS. The predicted octanol–water partition coefficient (Wildman–Crippen LogP) is 2.34. The van der Waals surface area contributed by atoms with Gasteiger partial charge in [-0.2, -0.15) is 0 Å². The number of nitrogens with zero attached hydrogens (tertiary/aromatic N) is 6. The molecule has 1 N–H and O–H groups in total. The molecule has 4 rings (SSSR count). The molecule has 0 unspecified atom stereocenters. The van der Waals surface area contributed by atoms with Gasteiger partial charge in [0.15, 0.2) is 5.16 Å². The summed E-state index contributed by atoms with van der Waals surface area (Å²) in [6, 6.07) is 9.62. The van der Waals surface area contributed by atoms with E-state index < -0.39 is 0 Å². The van der Waals surface area contributed by atoms with Crippen LogP contribution in [0.3, 0.4) is 0 Å². The summed E-state index contributed by atoms with van der Waals surface area (Å²) >= 11 is 1.73. The minimum atomic E-state index is -0.0172. The summed E-state index contributed by atoms with van der Waals surface area (Å²) in [7, 11) is 0. The fraction of sp³-hybridized carbons (Fsp3) is 0.368. The summed E-state index contributed by atoms with van der Waals surface area (Å²) in [6.45, 7) is 0.585. The molecule has 1 fully saturated rings. The molecule has 3 aromatic rings. The molecular weight excluding hydrogens is 374 g/mol. The Bertz CT molecular complexity index is 878. The van der Waals surface area contributed by atoms with E-state index in [0.717, 1.165) is 36.4 Å². The average molecular weight is 395 g/mol. The molecule has 0 radical (unpaired) electrons. The van der Waals surface area contributed by atoms with Gasteiger partial charge in [-0.25, -0.2) is 14.6 Å². The first-order valence-corrected chi connectivity index (χ1v) is 10.2. The first-order valence-electron chi connectivity index (χ1n) is 9.30. The van der Waals surface area contributed by atoms with Crippen LogP contribution in [0, 0.1) is 0 Å². The number of carbonyl (C=O) groups is 1. The fourth-order valence-corrected chi connectivity index (χ4v) is 4.34. The van der Waals surface area contributed by atoms with Crippen molar-refractivity contribution in [3.05, 3.63) is 60.2 Å². The summed E-state index contributed by atoms with van der Waals surface area (Å²) in [5.41, 5.74) is 1.72. The third-order valence-corrected chi connectivity index (χ3v) is 6.00. The number of rotatable bonds is 6. The van der Waals surface area contributed by atoms with Crippen LogP contribution in [0.25, 0.3) is 0 Å². The Hall–Kier alpha value is -2.81. The minimum absolute atomic E-state index is 0.0172. The second-order valence-electron chi connectivity index (χ2n) is 6.80. The average Bonchev–Trinajstić information content (AvgIpc) is 3.24. The smallest absolute Gasteiger partial charge is 0.251 e. The fourth-order valence-electron chi connectivity index (χ4n) is 3.29. The maximum absolute atomic E-state index is 12.5. The Morgan fingerprint density at radius 3 is 2.54 bits per heavy atom. The lowest BCUT2D eigenvalue weighted by molar-refractivity contribution is 0.0928. The SMILES string of the molecule is O=C(NC1CCC(Sc2ncccn2)CC1)c1ccc(Cn2cnnn2)cc1. The highest BCUT2D eigenvalue weighted by atomic mass is 32.2. The van der Waals surface area contributed by atoms with Gasteiger partial charge < -0.3 is 5.32 Å². The Morgan fingerprint density at radius 2 is 1.86 bits per heavy atom. The zero-order valence-electron chi connectivity index (χ0n) is 15.3. The molecule has 1 aromatic carbocycles. The van der Waals surface area contributed by atoms with E-state index in [9.17, 15) is 4.79 Å². The lowest BCUT2D eigenvalue weighted by atomic mass is 9.94. The molecule has 9 heteroatoms. The second-order valence-corrected chi connectivity index (χ2v) is 8.07. The van der Waals surface area contributed by atoms with Crippen LogP contribution in [0.5, 0.6) is 0 Å². The maximum Gasteiger partial charge on any atom is 0.251 e. The standard InChI is InChI=1S/C19H21N7OS/c27-18(15-4-2-14(3-5-15)12-26-13-22-24-25-26)23-16-6-8-17(9-7-16)28-19-20-10-1-11-21-19/h1-5,10-11,13,16-17H,6-9,12H2,(H,23,27). The Morgan fingerprint density at radius 1 is 1.11 bits per heavy atom. The molecule has 1 amide bonds. The van der Waals surface area contributed by atoms with Gasteiger partial charge in [-0.15, -0.1) is 5.10 Å². The summed E-state index contributed by atoms with van der Waals surface area (Å²) in [5.74, 6) is -0.0172. The normalized spacial score (nSPS) is 19.3. The van der Waals surface area contributed by atoms with E-state index in [-0.39, 0.29) is 11.9 Å². The van der Waals surface area contributed by atoms with Crippen LogP contribution in [0.15, 0.2) is 54.2 Å². The Balaban J connectivity index is 1.25. The highest BCUT2D eigenvalue weighted by Crippen LogP contribution is 2.31. The number of benzene rings is 1. The molecule has 1 aliphatic rings. The summed E-state index contributed by atoms with van der Waals surface area (Å²) in [6.07, 6.45) is 9.18. The number of hydrogen-bond acceptors (Lipinski definition) is 7. The van der Waals surface area contributed by atoms with Crippen LogP contribution in [-0.2, 0) is 6.54 Å². The molecule has 28 heavy (non-hydrogen) atoms. The van der Waals surface area contributed by atoms with Crippen LogP contribution in [-0.4, -0.2) is 47.4 Å². The lowest BCUT2D eigenvalue weighted by Gasteiger charge is -2.28. The van der Waals surface area contributed by atoms with Crippen molar-refractivity contribution in [3.8, 4) is 0 Å². The predicted molar refractivity (Wildman–Crippen MR) is 105 cm³/mol. The van der Waals surface area contributed by atoms with Gasteiger partial charge in [-0.3, -0.25) is 4.79 Å².